The molecule has 2 N–H and O–H groups in total. The molecule has 122 valence electrons. The number of aromatic amines is 1. The van der Waals surface area contributed by atoms with Crippen molar-refractivity contribution in [3.8, 4) is 6.07 Å². The highest BCUT2D eigenvalue weighted by molar-refractivity contribution is 7.89. The third-order valence-corrected chi connectivity index (χ3v) is 5.13. The van der Waals surface area contributed by atoms with Crippen LogP contribution in [0.3, 0.4) is 0 Å². The predicted octanol–water partition coefficient (Wildman–Crippen LogP) is 1.18. The van der Waals surface area contributed by atoms with E-state index in [0.29, 0.717) is 11.0 Å². The smallest absolute Gasteiger partial charge is 0.306 e. The number of aromatic nitrogens is 2. The number of hydrogen-bond donors (Lipinski definition) is 2. The van der Waals surface area contributed by atoms with Crippen LogP contribution in [0.1, 0.15) is 5.56 Å². The van der Waals surface area contributed by atoms with Gasteiger partial charge in [0, 0.05) is 13.1 Å². The zero-order chi connectivity index (χ0) is 17.2. The van der Waals surface area contributed by atoms with Gasteiger partial charge >= 0.3 is 5.69 Å². The molecular weight excluding hydrogens is 328 g/mol. The van der Waals surface area contributed by atoms with Crippen LogP contribution in [0.25, 0.3) is 11.0 Å². The molecule has 0 aliphatic heterocycles. The van der Waals surface area contributed by atoms with E-state index >= 15 is 0 Å². The maximum Gasteiger partial charge on any atom is 0.326 e. The van der Waals surface area contributed by atoms with E-state index in [4.69, 9.17) is 5.26 Å². The molecule has 8 heteroatoms. The first-order chi connectivity index (χ1) is 11.5. The van der Waals surface area contributed by atoms with Crippen molar-refractivity contribution in [3.63, 3.8) is 0 Å². The van der Waals surface area contributed by atoms with E-state index in [0.717, 1.165) is 0 Å². The van der Waals surface area contributed by atoms with Crippen molar-refractivity contribution in [2.45, 2.75) is 11.4 Å². The normalized spacial score (nSPS) is 11.5. The van der Waals surface area contributed by atoms with Gasteiger partial charge in [0.1, 0.15) is 6.07 Å². The van der Waals surface area contributed by atoms with E-state index in [1.165, 1.54) is 16.7 Å². The van der Waals surface area contributed by atoms with E-state index in [1.54, 1.807) is 30.3 Å². The predicted molar refractivity (Wildman–Crippen MR) is 88.9 cm³/mol. The van der Waals surface area contributed by atoms with Gasteiger partial charge in [-0.1, -0.05) is 24.3 Å². The van der Waals surface area contributed by atoms with E-state index < -0.39 is 10.0 Å². The fraction of sp³-hybridized carbons (Fsp3) is 0.125. The van der Waals surface area contributed by atoms with E-state index in [2.05, 4.69) is 9.71 Å². The van der Waals surface area contributed by atoms with Gasteiger partial charge in [-0.3, -0.25) is 4.57 Å². The van der Waals surface area contributed by atoms with E-state index in [1.807, 2.05) is 12.1 Å². The van der Waals surface area contributed by atoms with Gasteiger partial charge in [-0.15, -0.1) is 0 Å². The highest BCUT2D eigenvalue weighted by Gasteiger charge is 2.17. The summed E-state index contributed by atoms with van der Waals surface area (Å²) in [6.07, 6.45) is 0. The summed E-state index contributed by atoms with van der Waals surface area (Å²) in [4.78, 5) is 14.6. The van der Waals surface area contributed by atoms with Gasteiger partial charge in [0.15, 0.2) is 0 Å². The average Bonchev–Trinajstić information content (AvgIpc) is 2.90. The Hall–Kier alpha value is -2.89. The van der Waals surface area contributed by atoms with Crippen molar-refractivity contribution in [2.24, 2.45) is 0 Å². The summed E-state index contributed by atoms with van der Waals surface area (Å²) in [5.74, 6) is 0. The summed E-state index contributed by atoms with van der Waals surface area (Å²) in [6, 6.07) is 15.0. The fourth-order valence-electron chi connectivity index (χ4n) is 2.49. The van der Waals surface area contributed by atoms with Gasteiger partial charge in [-0.25, -0.2) is 17.9 Å². The van der Waals surface area contributed by atoms with Crippen LogP contribution in [0.5, 0.6) is 0 Å². The van der Waals surface area contributed by atoms with Crippen molar-refractivity contribution >= 4 is 21.1 Å². The summed E-state index contributed by atoms with van der Waals surface area (Å²) in [5, 5.41) is 9.02. The Kier molecular flexibility index (Phi) is 4.20. The van der Waals surface area contributed by atoms with Crippen molar-refractivity contribution in [3.05, 3.63) is 64.6 Å². The summed E-state index contributed by atoms with van der Waals surface area (Å²) < 4.78 is 28.6. The van der Waals surface area contributed by atoms with Gasteiger partial charge in [0.2, 0.25) is 10.0 Å². The molecule has 24 heavy (non-hydrogen) atoms. The summed E-state index contributed by atoms with van der Waals surface area (Å²) in [6.45, 7) is 0.209. The number of sulfonamides is 1. The highest BCUT2D eigenvalue weighted by Crippen LogP contribution is 2.14. The van der Waals surface area contributed by atoms with E-state index in [9.17, 15) is 13.2 Å². The molecule has 0 atom stereocenters. The number of fused-ring (bicyclic) bond motifs is 1. The summed E-state index contributed by atoms with van der Waals surface area (Å²) in [5.41, 5.74) is 1.18. The number of imidazole rings is 1. The molecule has 0 aliphatic rings. The van der Waals surface area contributed by atoms with Gasteiger partial charge in [0.25, 0.3) is 0 Å². The van der Waals surface area contributed by atoms with Crippen LogP contribution in [-0.4, -0.2) is 24.5 Å². The molecule has 0 radical (unpaired) electrons. The number of hydrogen-bond acceptors (Lipinski definition) is 4. The molecular formula is C16H14N4O3S. The number of nitrogens with zero attached hydrogens (tertiary/aromatic N) is 2. The van der Waals surface area contributed by atoms with Crippen LogP contribution in [-0.2, 0) is 16.6 Å². The van der Waals surface area contributed by atoms with Crippen LogP contribution >= 0.6 is 0 Å². The first-order valence-corrected chi connectivity index (χ1v) is 8.67. The minimum absolute atomic E-state index is 0.0316. The molecule has 1 aromatic heterocycles. The Balaban J connectivity index is 1.80. The number of benzene rings is 2. The lowest BCUT2D eigenvalue weighted by molar-refractivity contribution is 0.572. The zero-order valence-corrected chi connectivity index (χ0v) is 13.4. The van der Waals surface area contributed by atoms with Gasteiger partial charge in [0.05, 0.1) is 21.5 Å². The number of nitrogens with one attached hydrogen (secondary N) is 2. The number of nitriles is 1. The van der Waals surface area contributed by atoms with Crippen LogP contribution in [0.15, 0.2) is 58.2 Å². The second kappa shape index (κ2) is 6.31. The van der Waals surface area contributed by atoms with Crippen molar-refractivity contribution in [1.29, 1.82) is 5.26 Å². The topological polar surface area (TPSA) is 108 Å². The van der Waals surface area contributed by atoms with Crippen molar-refractivity contribution in [1.82, 2.24) is 14.3 Å². The Morgan fingerprint density at radius 3 is 2.62 bits per heavy atom. The molecule has 7 nitrogen and oxygen atoms in total. The molecule has 2 aromatic carbocycles. The van der Waals surface area contributed by atoms with Gasteiger partial charge in [-0.05, 0) is 24.3 Å². The molecule has 3 rings (SSSR count). The Morgan fingerprint density at radius 1 is 1.12 bits per heavy atom. The van der Waals surface area contributed by atoms with Crippen molar-refractivity contribution < 1.29 is 8.42 Å². The Labute approximate surface area is 138 Å². The molecule has 0 saturated heterocycles. The molecule has 1 heterocycles. The van der Waals surface area contributed by atoms with Crippen LogP contribution in [0.4, 0.5) is 0 Å². The number of H-pyrrole nitrogens is 1. The average molecular weight is 342 g/mol. The largest absolute Gasteiger partial charge is 0.326 e. The molecule has 3 aromatic rings. The first-order valence-electron chi connectivity index (χ1n) is 7.19. The van der Waals surface area contributed by atoms with Gasteiger partial charge in [-0.2, -0.15) is 5.26 Å². The Bertz CT molecular complexity index is 1090. The second-order valence-corrected chi connectivity index (χ2v) is 6.84. The highest BCUT2D eigenvalue weighted by atomic mass is 32.2. The molecule has 0 unspecified atom stereocenters. The maximum atomic E-state index is 12.3. The number of para-hydroxylation sites is 2. The van der Waals surface area contributed by atoms with Crippen molar-refractivity contribution in [2.75, 3.05) is 6.54 Å². The van der Waals surface area contributed by atoms with Crippen LogP contribution < -0.4 is 10.4 Å². The number of rotatable bonds is 5. The summed E-state index contributed by atoms with van der Waals surface area (Å²) in [7, 11) is -3.82. The van der Waals surface area contributed by atoms with Crippen LogP contribution in [0, 0.1) is 11.3 Å². The molecule has 0 amide bonds. The zero-order valence-electron chi connectivity index (χ0n) is 12.6. The van der Waals surface area contributed by atoms with Gasteiger partial charge < -0.3 is 4.98 Å². The first kappa shape index (κ1) is 16.0. The molecule has 0 spiro atoms. The third kappa shape index (κ3) is 2.95. The maximum absolute atomic E-state index is 12.3. The fourth-order valence-corrected chi connectivity index (χ4v) is 3.67. The lowest BCUT2D eigenvalue weighted by Gasteiger charge is -2.08. The lowest BCUT2D eigenvalue weighted by Crippen LogP contribution is -2.30. The third-order valence-electron chi connectivity index (χ3n) is 3.61. The quantitative estimate of drug-likeness (QED) is 0.726. The minimum atomic E-state index is -3.82. The molecule has 0 fully saturated rings. The molecule has 0 aliphatic carbocycles. The SMILES string of the molecule is N#Cc1ccccc1S(=O)(=O)NCCn1c(=O)[nH]c2ccccc21. The summed E-state index contributed by atoms with van der Waals surface area (Å²) >= 11 is 0. The van der Waals surface area contributed by atoms with E-state index in [-0.39, 0.29) is 29.2 Å². The van der Waals surface area contributed by atoms with Crippen LogP contribution in [0.2, 0.25) is 0 Å². The monoisotopic (exact) mass is 342 g/mol. The second-order valence-electron chi connectivity index (χ2n) is 5.10. The lowest BCUT2D eigenvalue weighted by atomic mass is 10.2. The standard InChI is InChI=1S/C16H14N4O3S/c17-11-12-5-1-4-8-15(12)24(22,23)18-9-10-20-14-7-3-2-6-13(14)19-16(20)21/h1-8,18H,9-10H2,(H,19,21). The Morgan fingerprint density at radius 2 is 1.83 bits per heavy atom. The molecule has 0 bridgehead atoms. The molecule has 0 saturated carbocycles. The minimum Gasteiger partial charge on any atom is -0.306 e.